The summed E-state index contributed by atoms with van der Waals surface area (Å²) in [4.78, 5) is 26.3. The lowest BCUT2D eigenvalue weighted by Gasteiger charge is -2.16. The second-order valence-electron chi connectivity index (χ2n) is 7.27. The fraction of sp³-hybridized carbons (Fsp3) is 0.250. The molecule has 2 aromatic carbocycles. The van der Waals surface area contributed by atoms with Gasteiger partial charge in [-0.3, -0.25) is 9.59 Å². The quantitative estimate of drug-likeness (QED) is 0.615. The Labute approximate surface area is 175 Å². The van der Waals surface area contributed by atoms with Crippen LogP contribution in [-0.2, 0) is 29.3 Å². The van der Waals surface area contributed by atoms with Crippen molar-refractivity contribution >= 4 is 17.5 Å². The molecular weight excluding hydrogens is 380 g/mol. The summed E-state index contributed by atoms with van der Waals surface area (Å²) in [6, 6.07) is 18.9. The van der Waals surface area contributed by atoms with Crippen molar-refractivity contribution in [3.8, 4) is 0 Å². The third kappa shape index (κ3) is 4.96. The largest absolute Gasteiger partial charge is 0.467 e. The fourth-order valence-electron chi connectivity index (χ4n) is 3.51. The summed E-state index contributed by atoms with van der Waals surface area (Å²) in [7, 11) is 0. The first-order chi connectivity index (χ1) is 14.7. The Hall–Kier alpha value is -3.38. The topological polar surface area (TPSA) is 71.8 Å². The predicted molar refractivity (Wildman–Crippen MR) is 113 cm³/mol. The number of hydrogen-bond acceptors (Lipinski definition) is 4. The molecule has 1 N–H and O–H groups in total. The van der Waals surface area contributed by atoms with Gasteiger partial charge in [0, 0.05) is 30.8 Å². The van der Waals surface area contributed by atoms with Gasteiger partial charge in [0.05, 0.1) is 12.9 Å². The highest BCUT2D eigenvalue weighted by molar-refractivity contribution is 5.99. The number of amides is 2. The smallest absolute Gasteiger partial charge is 0.251 e. The molecule has 2 heterocycles. The van der Waals surface area contributed by atoms with E-state index in [-0.39, 0.29) is 11.8 Å². The van der Waals surface area contributed by atoms with Crippen LogP contribution in [0, 0.1) is 0 Å². The maximum absolute atomic E-state index is 12.6. The number of furan rings is 1. The standard InChI is InChI=1S/C24H24N2O4/c27-23-10-3-11-26(23)21-8-2-7-20(14-21)24(28)25-15-18-5-1-6-19(13-18)16-29-17-22-9-4-12-30-22/h1-2,4-9,12-14H,3,10-11,15-17H2,(H,25,28). The first-order valence-electron chi connectivity index (χ1n) is 10.1. The van der Waals surface area contributed by atoms with Crippen molar-refractivity contribution < 1.29 is 18.7 Å². The number of rotatable bonds is 8. The van der Waals surface area contributed by atoms with Gasteiger partial charge in [0.1, 0.15) is 12.4 Å². The zero-order valence-electron chi connectivity index (χ0n) is 16.7. The minimum Gasteiger partial charge on any atom is -0.467 e. The van der Waals surface area contributed by atoms with Crippen LogP contribution in [0.2, 0.25) is 0 Å². The molecule has 0 aliphatic carbocycles. The highest BCUT2D eigenvalue weighted by Gasteiger charge is 2.22. The Morgan fingerprint density at radius 1 is 1.03 bits per heavy atom. The number of nitrogens with zero attached hydrogens (tertiary/aromatic N) is 1. The van der Waals surface area contributed by atoms with Crippen LogP contribution in [0.3, 0.4) is 0 Å². The van der Waals surface area contributed by atoms with Crippen molar-refractivity contribution in [3.05, 3.63) is 89.4 Å². The molecular formula is C24H24N2O4. The number of anilines is 1. The molecule has 154 valence electrons. The van der Waals surface area contributed by atoms with Gasteiger partial charge in [-0.15, -0.1) is 0 Å². The lowest BCUT2D eigenvalue weighted by molar-refractivity contribution is -0.117. The van der Waals surface area contributed by atoms with Crippen molar-refractivity contribution in [2.75, 3.05) is 11.4 Å². The van der Waals surface area contributed by atoms with E-state index in [1.165, 1.54) is 0 Å². The molecule has 4 rings (SSSR count). The van der Waals surface area contributed by atoms with Crippen LogP contribution in [0.5, 0.6) is 0 Å². The van der Waals surface area contributed by atoms with Gasteiger partial charge in [-0.2, -0.15) is 0 Å². The zero-order chi connectivity index (χ0) is 20.8. The zero-order valence-corrected chi connectivity index (χ0v) is 16.7. The van der Waals surface area contributed by atoms with E-state index in [9.17, 15) is 9.59 Å². The molecule has 1 fully saturated rings. The minimum atomic E-state index is -0.164. The average molecular weight is 404 g/mol. The second kappa shape index (κ2) is 9.41. The predicted octanol–water partition coefficient (Wildman–Crippen LogP) is 4.05. The van der Waals surface area contributed by atoms with Crippen molar-refractivity contribution in [1.29, 1.82) is 0 Å². The number of benzene rings is 2. The molecule has 0 radical (unpaired) electrons. The molecule has 30 heavy (non-hydrogen) atoms. The summed E-state index contributed by atoms with van der Waals surface area (Å²) in [5.41, 5.74) is 3.35. The van der Waals surface area contributed by atoms with Crippen LogP contribution in [0.1, 0.15) is 40.1 Å². The van der Waals surface area contributed by atoms with Crippen LogP contribution in [0.4, 0.5) is 5.69 Å². The van der Waals surface area contributed by atoms with Crippen molar-refractivity contribution in [2.24, 2.45) is 0 Å². The Bertz CT molecular complexity index is 1010. The molecule has 2 amide bonds. The van der Waals surface area contributed by atoms with Crippen LogP contribution >= 0.6 is 0 Å². The molecule has 3 aromatic rings. The van der Waals surface area contributed by atoms with Gasteiger partial charge in [0.2, 0.25) is 5.91 Å². The van der Waals surface area contributed by atoms with Gasteiger partial charge < -0.3 is 19.4 Å². The second-order valence-corrected chi connectivity index (χ2v) is 7.27. The lowest BCUT2D eigenvalue weighted by Crippen LogP contribution is -2.25. The minimum absolute atomic E-state index is 0.110. The van der Waals surface area contributed by atoms with Crippen molar-refractivity contribution in [1.82, 2.24) is 5.32 Å². The van der Waals surface area contributed by atoms with Crippen molar-refractivity contribution in [3.63, 3.8) is 0 Å². The molecule has 1 saturated heterocycles. The van der Waals surface area contributed by atoms with Crippen molar-refractivity contribution in [2.45, 2.75) is 32.6 Å². The van der Waals surface area contributed by atoms with Gasteiger partial charge in [-0.1, -0.05) is 30.3 Å². The van der Waals surface area contributed by atoms with E-state index < -0.39 is 0 Å². The lowest BCUT2D eigenvalue weighted by atomic mass is 10.1. The number of nitrogens with one attached hydrogen (secondary N) is 1. The van der Waals surface area contributed by atoms with Gasteiger partial charge in [0.25, 0.3) is 5.91 Å². The number of carbonyl (C=O) groups is 2. The van der Waals surface area contributed by atoms with E-state index in [0.717, 1.165) is 29.0 Å². The molecule has 6 heteroatoms. The SMILES string of the molecule is O=C(NCc1cccc(COCc2ccco2)c1)c1cccc(N2CCCC2=O)c1. The van der Waals surface area contributed by atoms with Gasteiger partial charge >= 0.3 is 0 Å². The summed E-state index contributed by atoms with van der Waals surface area (Å²) in [5.74, 6) is 0.734. The number of hydrogen-bond donors (Lipinski definition) is 1. The molecule has 1 aromatic heterocycles. The first kappa shape index (κ1) is 19.9. The molecule has 0 atom stereocenters. The number of ether oxygens (including phenoxy) is 1. The monoisotopic (exact) mass is 404 g/mol. The van der Waals surface area contributed by atoms with E-state index in [0.29, 0.717) is 38.3 Å². The van der Waals surface area contributed by atoms with E-state index in [1.54, 1.807) is 23.3 Å². The molecule has 0 bridgehead atoms. The molecule has 0 spiro atoms. The molecule has 6 nitrogen and oxygen atoms in total. The Balaban J connectivity index is 1.32. The Morgan fingerprint density at radius 3 is 2.70 bits per heavy atom. The van der Waals surface area contributed by atoms with Gasteiger partial charge in [0.15, 0.2) is 0 Å². The highest BCUT2D eigenvalue weighted by atomic mass is 16.5. The molecule has 0 saturated carbocycles. The third-order valence-corrected chi connectivity index (χ3v) is 5.03. The Morgan fingerprint density at radius 2 is 1.90 bits per heavy atom. The van der Waals surface area contributed by atoms with E-state index in [2.05, 4.69) is 5.32 Å². The molecule has 0 unspecified atom stereocenters. The molecule has 1 aliphatic heterocycles. The van der Waals surface area contributed by atoms with Crippen LogP contribution < -0.4 is 10.2 Å². The van der Waals surface area contributed by atoms with Crippen LogP contribution in [0.25, 0.3) is 0 Å². The van der Waals surface area contributed by atoms with E-state index in [1.807, 2.05) is 48.5 Å². The van der Waals surface area contributed by atoms with E-state index in [4.69, 9.17) is 9.15 Å². The van der Waals surface area contributed by atoms with Gasteiger partial charge in [-0.25, -0.2) is 0 Å². The fourth-order valence-corrected chi connectivity index (χ4v) is 3.51. The molecule has 1 aliphatic rings. The summed E-state index contributed by atoms with van der Waals surface area (Å²) < 4.78 is 10.9. The Kier molecular flexibility index (Phi) is 6.25. The maximum atomic E-state index is 12.6. The normalized spacial score (nSPS) is 13.6. The first-order valence-corrected chi connectivity index (χ1v) is 10.1. The third-order valence-electron chi connectivity index (χ3n) is 5.03. The number of carbonyl (C=O) groups excluding carboxylic acids is 2. The van der Waals surface area contributed by atoms with E-state index >= 15 is 0 Å². The highest BCUT2D eigenvalue weighted by Crippen LogP contribution is 2.22. The summed E-state index contributed by atoms with van der Waals surface area (Å²) in [5, 5.41) is 2.95. The summed E-state index contributed by atoms with van der Waals surface area (Å²) >= 11 is 0. The van der Waals surface area contributed by atoms with Gasteiger partial charge in [-0.05, 0) is 47.9 Å². The summed E-state index contributed by atoms with van der Waals surface area (Å²) in [6.45, 7) is 2.01. The average Bonchev–Trinajstić information content (AvgIpc) is 3.44. The summed E-state index contributed by atoms with van der Waals surface area (Å²) in [6.07, 6.45) is 3.05. The van der Waals surface area contributed by atoms with Crippen LogP contribution in [-0.4, -0.2) is 18.4 Å². The van der Waals surface area contributed by atoms with Crippen LogP contribution in [0.15, 0.2) is 71.3 Å². The maximum Gasteiger partial charge on any atom is 0.251 e.